The van der Waals surface area contributed by atoms with Gasteiger partial charge in [0.15, 0.2) is 0 Å². The fourth-order valence-electron chi connectivity index (χ4n) is 2.97. The molecule has 1 aromatic heterocycles. The molecule has 0 fully saturated rings. The summed E-state index contributed by atoms with van der Waals surface area (Å²) in [5, 5.41) is 10.1. The monoisotopic (exact) mass is 428 g/mol. The standard InChI is InChI=1S/C23H32N4O4/c1-7-31-22(30)11-10-20(28)24-14-21(29)25-19-13-18(23(4,5)6)26-27(19)17-9-8-15(2)12-16(17)3/h8-9,12-13H,7,10-11,14H2,1-6H3,(H,24,28)(H,25,29). The number of anilines is 1. The van der Waals surface area contributed by atoms with Gasteiger partial charge in [-0.3, -0.25) is 14.4 Å². The number of aromatic nitrogens is 2. The Kier molecular flexibility index (Phi) is 7.96. The highest BCUT2D eigenvalue weighted by Gasteiger charge is 2.22. The van der Waals surface area contributed by atoms with Gasteiger partial charge in [-0.15, -0.1) is 0 Å². The summed E-state index contributed by atoms with van der Waals surface area (Å²) in [5.41, 5.74) is 3.67. The summed E-state index contributed by atoms with van der Waals surface area (Å²) in [4.78, 5) is 35.7. The lowest BCUT2D eigenvalue weighted by molar-refractivity contribution is -0.144. The molecule has 1 heterocycles. The van der Waals surface area contributed by atoms with Crippen molar-refractivity contribution in [2.45, 2.75) is 59.8 Å². The molecule has 0 saturated carbocycles. The molecule has 0 radical (unpaired) electrons. The normalized spacial score (nSPS) is 11.2. The van der Waals surface area contributed by atoms with E-state index in [4.69, 9.17) is 9.84 Å². The van der Waals surface area contributed by atoms with Gasteiger partial charge in [-0.05, 0) is 32.4 Å². The van der Waals surface area contributed by atoms with Crippen LogP contribution in [0.2, 0.25) is 0 Å². The SMILES string of the molecule is CCOC(=O)CCC(=O)NCC(=O)Nc1cc(C(C)(C)C)nn1-c1ccc(C)cc1C. The van der Waals surface area contributed by atoms with Gasteiger partial charge in [-0.25, -0.2) is 4.68 Å². The third kappa shape index (κ3) is 6.94. The topological polar surface area (TPSA) is 102 Å². The molecule has 2 amide bonds. The number of ether oxygens (including phenoxy) is 1. The number of rotatable bonds is 8. The minimum Gasteiger partial charge on any atom is -0.466 e. The van der Waals surface area contributed by atoms with Crippen molar-refractivity contribution >= 4 is 23.6 Å². The smallest absolute Gasteiger partial charge is 0.306 e. The number of benzene rings is 1. The van der Waals surface area contributed by atoms with E-state index in [1.54, 1.807) is 11.6 Å². The molecule has 0 unspecified atom stereocenters. The molecule has 8 heteroatoms. The third-order valence-electron chi connectivity index (χ3n) is 4.63. The molecule has 0 aliphatic rings. The second kappa shape index (κ2) is 10.2. The average molecular weight is 429 g/mol. The van der Waals surface area contributed by atoms with Crippen LogP contribution in [0.15, 0.2) is 24.3 Å². The number of carbonyl (C=O) groups excluding carboxylic acids is 3. The van der Waals surface area contributed by atoms with Crippen molar-refractivity contribution in [3.63, 3.8) is 0 Å². The van der Waals surface area contributed by atoms with E-state index in [1.165, 1.54) is 0 Å². The first kappa shape index (κ1) is 24.1. The molecule has 1 aromatic carbocycles. The Morgan fingerprint density at radius 1 is 1.06 bits per heavy atom. The zero-order valence-corrected chi connectivity index (χ0v) is 19.2. The van der Waals surface area contributed by atoms with E-state index in [0.717, 1.165) is 22.5 Å². The van der Waals surface area contributed by atoms with Gasteiger partial charge in [0, 0.05) is 17.9 Å². The molecule has 0 spiro atoms. The number of esters is 1. The predicted octanol–water partition coefficient (Wildman–Crippen LogP) is 3.18. The summed E-state index contributed by atoms with van der Waals surface area (Å²) in [6, 6.07) is 7.87. The highest BCUT2D eigenvalue weighted by Crippen LogP contribution is 2.27. The molecule has 2 N–H and O–H groups in total. The molecule has 0 saturated heterocycles. The minimum atomic E-state index is -0.436. The first-order chi connectivity index (χ1) is 14.5. The van der Waals surface area contributed by atoms with Crippen molar-refractivity contribution < 1.29 is 19.1 Å². The highest BCUT2D eigenvalue weighted by molar-refractivity contribution is 5.94. The van der Waals surface area contributed by atoms with E-state index in [9.17, 15) is 14.4 Å². The molecule has 8 nitrogen and oxygen atoms in total. The fraction of sp³-hybridized carbons (Fsp3) is 0.478. The number of amides is 2. The summed E-state index contributed by atoms with van der Waals surface area (Å²) in [7, 11) is 0. The van der Waals surface area contributed by atoms with Gasteiger partial charge < -0.3 is 15.4 Å². The largest absolute Gasteiger partial charge is 0.466 e. The van der Waals surface area contributed by atoms with E-state index >= 15 is 0 Å². The van der Waals surface area contributed by atoms with E-state index < -0.39 is 5.97 Å². The zero-order valence-electron chi connectivity index (χ0n) is 19.2. The summed E-state index contributed by atoms with van der Waals surface area (Å²) in [5.74, 6) is -0.672. The van der Waals surface area contributed by atoms with Crippen LogP contribution in [0.4, 0.5) is 5.82 Å². The van der Waals surface area contributed by atoms with Crippen LogP contribution in [0.25, 0.3) is 5.69 Å². The Morgan fingerprint density at radius 3 is 2.39 bits per heavy atom. The van der Waals surface area contributed by atoms with E-state index in [1.807, 2.05) is 32.0 Å². The summed E-state index contributed by atoms with van der Waals surface area (Å²) >= 11 is 0. The summed E-state index contributed by atoms with van der Waals surface area (Å²) in [6.07, 6.45) is -0.0452. The van der Waals surface area contributed by atoms with Gasteiger partial charge in [0.25, 0.3) is 0 Å². The van der Waals surface area contributed by atoms with E-state index in [-0.39, 0.29) is 43.2 Å². The third-order valence-corrected chi connectivity index (χ3v) is 4.63. The molecule has 0 atom stereocenters. The molecule has 2 aromatic rings. The molecule has 0 bridgehead atoms. The van der Waals surface area contributed by atoms with Gasteiger partial charge in [-0.1, -0.05) is 38.5 Å². The van der Waals surface area contributed by atoms with Crippen molar-refractivity contribution in [1.29, 1.82) is 0 Å². The van der Waals surface area contributed by atoms with Crippen LogP contribution >= 0.6 is 0 Å². The van der Waals surface area contributed by atoms with Crippen molar-refractivity contribution in [1.82, 2.24) is 15.1 Å². The average Bonchev–Trinajstić information content (AvgIpc) is 3.09. The summed E-state index contributed by atoms with van der Waals surface area (Å²) < 4.78 is 6.51. The van der Waals surface area contributed by atoms with Crippen molar-refractivity contribution in [3.8, 4) is 5.69 Å². The molecule has 0 aliphatic heterocycles. The maximum Gasteiger partial charge on any atom is 0.306 e. The number of hydrogen-bond acceptors (Lipinski definition) is 5. The van der Waals surface area contributed by atoms with Gasteiger partial charge in [0.05, 0.1) is 31.0 Å². The fourth-order valence-corrected chi connectivity index (χ4v) is 2.97. The van der Waals surface area contributed by atoms with Crippen LogP contribution in [0.1, 0.15) is 57.4 Å². The van der Waals surface area contributed by atoms with Crippen molar-refractivity contribution in [2.24, 2.45) is 0 Å². The molecule has 168 valence electrons. The van der Waals surface area contributed by atoms with Crippen LogP contribution in [-0.2, 0) is 24.5 Å². The second-order valence-corrected chi connectivity index (χ2v) is 8.50. The Hall–Kier alpha value is -3.16. The lowest BCUT2D eigenvalue weighted by Crippen LogP contribution is -2.33. The van der Waals surface area contributed by atoms with Gasteiger partial charge in [-0.2, -0.15) is 5.10 Å². The van der Waals surface area contributed by atoms with E-state index in [2.05, 4.69) is 37.5 Å². The van der Waals surface area contributed by atoms with Crippen LogP contribution in [0, 0.1) is 13.8 Å². The number of nitrogens with zero attached hydrogens (tertiary/aromatic N) is 2. The van der Waals surface area contributed by atoms with E-state index in [0.29, 0.717) is 5.82 Å². The van der Waals surface area contributed by atoms with Crippen molar-refractivity contribution in [2.75, 3.05) is 18.5 Å². The number of carbonyl (C=O) groups is 3. The minimum absolute atomic E-state index is 0.0181. The van der Waals surface area contributed by atoms with Crippen LogP contribution in [0.3, 0.4) is 0 Å². The first-order valence-corrected chi connectivity index (χ1v) is 10.4. The Balaban J connectivity index is 2.11. The molecular formula is C23H32N4O4. The van der Waals surface area contributed by atoms with Gasteiger partial charge >= 0.3 is 5.97 Å². The maximum absolute atomic E-state index is 12.5. The van der Waals surface area contributed by atoms with Crippen LogP contribution < -0.4 is 10.6 Å². The number of hydrogen-bond donors (Lipinski definition) is 2. The van der Waals surface area contributed by atoms with Gasteiger partial charge in [0.1, 0.15) is 5.82 Å². The Labute approximate surface area is 183 Å². The maximum atomic E-state index is 12.5. The lowest BCUT2D eigenvalue weighted by atomic mass is 9.92. The molecular weight excluding hydrogens is 396 g/mol. The predicted molar refractivity (Wildman–Crippen MR) is 119 cm³/mol. The quantitative estimate of drug-likeness (QED) is 0.629. The Morgan fingerprint density at radius 2 is 1.77 bits per heavy atom. The second-order valence-electron chi connectivity index (χ2n) is 8.50. The summed E-state index contributed by atoms with van der Waals surface area (Å²) in [6.45, 7) is 11.9. The first-order valence-electron chi connectivity index (χ1n) is 10.4. The number of aryl methyl sites for hydroxylation is 2. The van der Waals surface area contributed by atoms with Gasteiger partial charge in [0.2, 0.25) is 11.8 Å². The highest BCUT2D eigenvalue weighted by atomic mass is 16.5. The molecule has 0 aliphatic carbocycles. The molecule has 2 rings (SSSR count). The lowest BCUT2D eigenvalue weighted by Gasteiger charge is -2.14. The molecule has 31 heavy (non-hydrogen) atoms. The zero-order chi connectivity index (χ0) is 23.2. The van der Waals surface area contributed by atoms with Crippen molar-refractivity contribution in [3.05, 3.63) is 41.1 Å². The Bertz CT molecular complexity index is 957. The van der Waals surface area contributed by atoms with Crippen LogP contribution in [-0.4, -0.2) is 40.7 Å². The number of nitrogens with one attached hydrogen (secondary N) is 2. The van der Waals surface area contributed by atoms with Crippen LogP contribution in [0.5, 0.6) is 0 Å².